The molecular weight excluding hydrogens is 297 g/mol. The Kier molecular flexibility index (Phi) is 3.94. The molecule has 2 rings (SSSR count). The van der Waals surface area contributed by atoms with Crippen LogP contribution < -0.4 is 0 Å². The summed E-state index contributed by atoms with van der Waals surface area (Å²) in [7, 11) is 0. The molecule has 0 spiro atoms. The Bertz CT molecular complexity index is 356. The van der Waals surface area contributed by atoms with Crippen LogP contribution in [-0.2, 0) is 6.54 Å². The van der Waals surface area contributed by atoms with Gasteiger partial charge in [-0.2, -0.15) is 0 Å². The molecule has 0 aromatic heterocycles. The lowest BCUT2D eigenvalue weighted by Crippen LogP contribution is -2.20. The van der Waals surface area contributed by atoms with Gasteiger partial charge in [0.1, 0.15) is 0 Å². The van der Waals surface area contributed by atoms with E-state index in [1.807, 2.05) is 18.2 Å². The van der Waals surface area contributed by atoms with Gasteiger partial charge in [-0.1, -0.05) is 39.1 Å². The second-order valence-electron chi connectivity index (χ2n) is 3.86. The van der Waals surface area contributed by atoms with Crippen molar-refractivity contribution < 1.29 is 0 Å². The largest absolute Gasteiger partial charge is 0.298 e. The Morgan fingerprint density at radius 1 is 1.40 bits per heavy atom. The lowest BCUT2D eigenvalue weighted by Gasteiger charge is -2.16. The van der Waals surface area contributed by atoms with Crippen molar-refractivity contribution in [2.75, 3.05) is 13.1 Å². The van der Waals surface area contributed by atoms with Crippen LogP contribution in [0, 0.1) is 0 Å². The maximum absolute atomic E-state index is 6.11. The van der Waals surface area contributed by atoms with E-state index in [0.29, 0.717) is 4.83 Å². The smallest absolute Gasteiger partial charge is 0.0452 e. The molecule has 82 valence electrons. The molecule has 0 radical (unpaired) electrons. The van der Waals surface area contributed by atoms with E-state index in [2.05, 4.69) is 20.8 Å². The Morgan fingerprint density at radius 3 is 2.87 bits per heavy atom. The lowest BCUT2D eigenvalue weighted by molar-refractivity contribution is 0.333. The van der Waals surface area contributed by atoms with E-state index in [0.717, 1.165) is 35.2 Å². The van der Waals surface area contributed by atoms with Gasteiger partial charge in [-0.05, 0) is 36.7 Å². The van der Waals surface area contributed by atoms with Gasteiger partial charge in [0, 0.05) is 28.0 Å². The van der Waals surface area contributed by atoms with Crippen molar-refractivity contribution in [1.82, 2.24) is 4.90 Å². The van der Waals surface area contributed by atoms with E-state index in [1.54, 1.807) is 0 Å². The van der Waals surface area contributed by atoms with Crippen LogP contribution >= 0.6 is 39.1 Å². The monoisotopic (exact) mass is 307 g/mol. The SMILES string of the molecule is Clc1ccc(Cl)c(CN2CCC(Br)C2)c1. The molecule has 1 nitrogen and oxygen atoms in total. The summed E-state index contributed by atoms with van der Waals surface area (Å²) in [5, 5.41) is 1.56. The van der Waals surface area contributed by atoms with Crippen molar-refractivity contribution >= 4 is 39.1 Å². The fraction of sp³-hybridized carbons (Fsp3) is 0.455. The first-order valence-electron chi connectivity index (χ1n) is 4.95. The zero-order chi connectivity index (χ0) is 10.8. The van der Waals surface area contributed by atoms with Crippen molar-refractivity contribution in [3.05, 3.63) is 33.8 Å². The Balaban J connectivity index is 2.07. The van der Waals surface area contributed by atoms with Gasteiger partial charge < -0.3 is 0 Å². The third-order valence-electron chi connectivity index (χ3n) is 2.62. The van der Waals surface area contributed by atoms with Gasteiger partial charge in [-0.25, -0.2) is 0 Å². The van der Waals surface area contributed by atoms with E-state index < -0.39 is 0 Å². The Hall–Kier alpha value is 0.240. The normalized spacial score (nSPS) is 22.2. The molecular formula is C11H12BrCl2N. The maximum atomic E-state index is 6.11. The highest BCUT2D eigenvalue weighted by Crippen LogP contribution is 2.25. The second kappa shape index (κ2) is 5.05. The Morgan fingerprint density at radius 2 is 2.20 bits per heavy atom. The number of rotatable bonds is 2. The van der Waals surface area contributed by atoms with E-state index in [-0.39, 0.29) is 0 Å². The third-order valence-corrected chi connectivity index (χ3v) is 3.97. The van der Waals surface area contributed by atoms with Gasteiger partial charge >= 0.3 is 0 Å². The number of halogens is 3. The molecule has 1 aromatic carbocycles. The number of benzene rings is 1. The zero-order valence-electron chi connectivity index (χ0n) is 8.22. The number of hydrogen-bond acceptors (Lipinski definition) is 1. The molecule has 1 heterocycles. The van der Waals surface area contributed by atoms with Gasteiger partial charge in [0.2, 0.25) is 0 Å². The molecule has 15 heavy (non-hydrogen) atoms. The average Bonchev–Trinajstić information content (AvgIpc) is 2.58. The van der Waals surface area contributed by atoms with Gasteiger partial charge in [0.25, 0.3) is 0 Å². The molecule has 1 atom stereocenters. The van der Waals surface area contributed by atoms with Crippen molar-refractivity contribution in [2.45, 2.75) is 17.8 Å². The first-order valence-corrected chi connectivity index (χ1v) is 6.62. The van der Waals surface area contributed by atoms with Crippen LogP contribution in [0.3, 0.4) is 0 Å². The maximum Gasteiger partial charge on any atom is 0.0452 e. The molecule has 1 aliphatic rings. The van der Waals surface area contributed by atoms with E-state index in [4.69, 9.17) is 23.2 Å². The molecule has 0 amide bonds. The fourth-order valence-electron chi connectivity index (χ4n) is 1.83. The highest BCUT2D eigenvalue weighted by molar-refractivity contribution is 9.09. The molecule has 1 aromatic rings. The van der Waals surface area contributed by atoms with Gasteiger partial charge in [-0.15, -0.1) is 0 Å². The van der Waals surface area contributed by atoms with Gasteiger partial charge in [0.15, 0.2) is 0 Å². The molecule has 1 unspecified atom stereocenters. The predicted octanol–water partition coefficient (Wildman–Crippen LogP) is 3.96. The number of hydrogen-bond donors (Lipinski definition) is 0. The van der Waals surface area contributed by atoms with Crippen LogP contribution in [0.25, 0.3) is 0 Å². The van der Waals surface area contributed by atoms with Gasteiger partial charge in [-0.3, -0.25) is 4.90 Å². The van der Waals surface area contributed by atoms with E-state index >= 15 is 0 Å². The zero-order valence-corrected chi connectivity index (χ0v) is 11.3. The van der Waals surface area contributed by atoms with Crippen LogP contribution in [0.5, 0.6) is 0 Å². The summed E-state index contributed by atoms with van der Waals surface area (Å²) in [6.45, 7) is 3.10. The summed E-state index contributed by atoms with van der Waals surface area (Å²) in [6, 6.07) is 5.64. The van der Waals surface area contributed by atoms with Gasteiger partial charge in [0.05, 0.1) is 0 Å². The first kappa shape index (κ1) is 11.7. The highest BCUT2D eigenvalue weighted by Gasteiger charge is 2.20. The van der Waals surface area contributed by atoms with E-state index in [1.165, 1.54) is 6.42 Å². The van der Waals surface area contributed by atoms with E-state index in [9.17, 15) is 0 Å². The predicted molar refractivity (Wildman–Crippen MR) is 69.1 cm³/mol. The van der Waals surface area contributed by atoms with Crippen LogP contribution in [0.15, 0.2) is 18.2 Å². The molecule has 1 saturated heterocycles. The minimum Gasteiger partial charge on any atom is -0.298 e. The van der Waals surface area contributed by atoms with Crippen LogP contribution in [0.1, 0.15) is 12.0 Å². The first-order chi connectivity index (χ1) is 7.15. The summed E-state index contributed by atoms with van der Waals surface area (Å²) >= 11 is 15.7. The second-order valence-corrected chi connectivity index (χ2v) is 6.00. The molecule has 4 heteroatoms. The Labute approximate surface area is 108 Å². The standard InChI is InChI=1S/C11H12BrCl2N/c12-9-3-4-15(7-9)6-8-5-10(13)1-2-11(8)14/h1-2,5,9H,3-4,6-7H2. The van der Waals surface area contributed by atoms with Crippen molar-refractivity contribution in [3.8, 4) is 0 Å². The topological polar surface area (TPSA) is 3.24 Å². The molecule has 0 N–H and O–H groups in total. The van der Waals surface area contributed by atoms with Crippen molar-refractivity contribution in [3.63, 3.8) is 0 Å². The molecule has 0 aliphatic carbocycles. The fourth-order valence-corrected chi connectivity index (χ4v) is 2.82. The summed E-state index contributed by atoms with van der Waals surface area (Å²) in [5.41, 5.74) is 1.12. The number of likely N-dealkylation sites (tertiary alicyclic amines) is 1. The average molecular weight is 309 g/mol. The number of nitrogens with zero attached hydrogens (tertiary/aromatic N) is 1. The minimum atomic E-state index is 0.621. The molecule has 0 saturated carbocycles. The molecule has 1 fully saturated rings. The molecule has 1 aliphatic heterocycles. The van der Waals surface area contributed by atoms with Crippen LogP contribution in [-0.4, -0.2) is 22.8 Å². The van der Waals surface area contributed by atoms with Crippen LogP contribution in [0.2, 0.25) is 10.0 Å². The quantitative estimate of drug-likeness (QED) is 0.747. The molecule has 0 bridgehead atoms. The lowest BCUT2D eigenvalue weighted by atomic mass is 10.2. The summed E-state index contributed by atoms with van der Waals surface area (Å²) in [6.07, 6.45) is 1.21. The third kappa shape index (κ3) is 3.10. The van der Waals surface area contributed by atoms with Crippen molar-refractivity contribution in [2.24, 2.45) is 0 Å². The summed E-state index contributed by atoms with van der Waals surface area (Å²) in [4.78, 5) is 3.01. The minimum absolute atomic E-state index is 0.621. The summed E-state index contributed by atoms with van der Waals surface area (Å²) in [5.74, 6) is 0. The van der Waals surface area contributed by atoms with Crippen LogP contribution in [0.4, 0.5) is 0 Å². The highest BCUT2D eigenvalue weighted by atomic mass is 79.9. The van der Waals surface area contributed by atoms with Crippen molar-refractivity contribution in [1.29, 1.82) is 0 Å². The summed E-state index contributed by atoms with van der Waals surface area (Å²) < 4.78 is 0. The number of alkyl halides is 1.